The molecule has 7 heteroatoms. The minimum atomic E-state index is -1.20. The fraction of sp³-hybridized carbons (Fsp3) is 0.357. The molecule has 0 aliphatic carbocycles. The van der Waals surface area contributed by atoms with Crippen molar-refractivity contribution in [2.24, 2.45) is 0 Å². The maximum absolute atomic E-state index is 12.1. The number of carbonyl (C=O) groups is 3. The number of carboxylic acids is 1. The first-order chi connectivity index (χ1) is 10.0. The Morgan fingerprint density at radius 3 is 2.48 bits per heavy atom. The van der Waals surface area contributed by atoms with Crippen LogP contribution >= 0.6 is 0 Å². The highest BCUT2D eigenvalue weighted by Crippen LogP contribution is 2.33. The largest absolute Gasteiger partial charge is 0.480 e. The Labute approximate surface area is 121 Å². The van der Waals surface area contributed by atoms with Crippen molar-refractivity contribution in [1.29, 1.82) is 0 Å². The summed E-state index contributed by atoms with van der Waals surface area (Å²) in [5, 5.41) is 9.35. The fourth-order valence-corrected chi connectivity index (χ4v) is 2.47. The van der Waals surface area contributed by atoms with Crippen LogP contribution in [0.2, 0.25) is 0 Å². The molecule has 0 bridgehead atoms. The Kier molecular flexibility index (Phi) is 4.23. The van der Waals surface area contributed by atoms with E-state index >= 15 is 0 Å². The van der Waals surface area contributed by atoms with Crippen LogP contribution in [0.4, 0.5) is 0 Å². The molecule has 0 saturated carbocycles. The maximum atomic E-state index is 12.1. The molecule has 1 aliphatic heterocycles. The monoisotopic (exact) mass is 293 g/mol. The van der Waals surface area contributed by atoms with Gasteiger partial charge in [-0.15, -0.1) is 0 Å². The number of hydrogen-bond acceptors (Lipinski definition) is 5. The number of benzene rings is 1. The van der Waals surface area contributed by atoms with Gasteiger partial charge in [-0.25, -0.2) is 9.59 Å². The standard InChI is InChI=1S/C14H15NO6/c1-20-12-9-6-4-3-5-8(9)7-10(13(17)18)15(12)11(16)14(19)21-2/h3-6,10,12H,7H2,1-2H3,(H,17,18). The van der Waals surface area contributed by atoms with Crippen LogP contribution in [0.1, 0.15) is 17.4 Å². The van der Waals surface area contributed by atoms with Crippen LogP contribution in [-0.2, 0) is 30.3 Å². The van der Waals surface area contributed by atoms with E-state index in [4.69, 9.17) is 4.74 Å². The highest BCUT2D eigenvalue weighted by Gasteiger charge is 2.43. The first kappa shape index (κ1) is 15.0. The number of amides is 1. The van der Waals surface area contributed by atoms with Crippen molar-refractivity contribution >= 4 is 17.8 Å². The van der Waals surface area contributed by atoms with Gasteiger partial charge in [0.1, 0.15) is 6.04 Å². The summed E-state index contributed by atoms with van der Waals surface area (Å²) in [7, 11) is 2.42. The molecule has 7 nitrogen and oxygen atoms in total. The summed E-state index contributed by atoms with van der Waals surface area (Å²) in [5.41, 5.74) is 1.43. The number of carboxylic acid groups (broad SMARTS) is 1. The topological polar surface area (TPSA) is 93.1 Å². The second-order valence-corrected chi connectivity index (χ2v) is 4.55. The predicted molar refractivity (Wildman–Crippen MR) is 70.2 cm³/mol. The van der Waals surface area contributed by atoms with Gasteiger partial charge in [-0.05, 0) is 5.56 Å². The minimum Gasteiger partial charge on any atom is -0.480 e. The maximum Gasteiger partial charge on any atom is 0.396 e. The fourth-order valence-electron chi connectivity index (χ4n) is 2.47. The number of hydrogen-bond donors (Lipinski definition) is 1. The van der Waals surface area contributed by atoms with Crippen molar-refractivity contribution in [3.63, 3.8) is 0 Å². The molecule has 1 amide bonds. The van der Waals surface area contributed by atoms with Crippen LogP contribution in [0.3, 0.4) is 0 Å². The molecule has 0 spiro atoms. The lowest BCUT2D eigenvalue weighted by molar-refractivity contribution is -0.174. The van der Waals surface area contributed by atoms with E-state index in [-0.39, 0.29) is 6.42 Å². The van der Waals surface area contributed by atoms with Crippen LogP contribution in [0.15, 0.2) is 24.3 Å². The molecular formula is C14H15NO6. The average molecular weight is 293 g/mol. The van der Waals surface area contributed by atoms with Crippen molar-refractivity contribution in [1.82, 2.24) is 4.90 Å². The molecule has 2 rings (SSSR count). The summed E-state index contributed by atoms with van der Waals surface area (Å²) in [4.78, 5) is 36.0. The first-order valence-corrected chi connectivity index (χ1v) is 6.25. The van der Waals surface area contributed by atoms with Gasteiger partial charge in [0.2, 0.25) is 0 Å². The number of ether oxygens (including phenoxy) is 2. The summed E-state index contributed by atoms with van der Waals surface area (Å²) in [6.45, 7) is 0. The minimum absolute atomic E-state index is 0.105. The van der Waals surface area contributed by atoms with Crippen molar-refractivity contribution in [3.8, 4) is 0 Å². The number of methoxy groups -OCH3 is 2. The Balaban J connectivity index is 2.51. The molecule has 0 saturated heterocycles. The Morgan fingerprint density at radius 1 is 1.24 bits per heavy atom. The van der Waals surface area contributed by atoms with Crippen molar-refractivity contribution in [3.05, 3.63) is 35.4 Å². The highest BCUT2D eigenvalue weighted by atomic mass is 16.5. The molecule has 2 atom stereocenters. The first-order valence-electron chi connectivity index (χ1n) is 6.25. The molecule has 1 N–H and O–H groups in total. The summed E-state index contributed by atoms with van der Waals surface area (Å²) in [6.07, 6.45) is -0.837. The van der Waals surface area contributed by atoms with Gasteiger partial charge in [0.15, 0.2) is 6.23 Å². The van der Waals surface area contributed by atoms with Gasteiger partial charge in [0.05, 0.1) is 7.11 Å². The van der Waals surface area contributed by atoms with Gasteiger partial charge in [-0.3, -0.25) is 9.69 Å². The molecule has 1 aliphatic rings. The lowest BCUT2D eigenvalue weighted by atomic mass is 9.92. The van der Waals surface area contributed by atoms with Gasteiger partial charge in [-0.1, -0.05) is 24.3 Å². The molecule has 0 aromatic heterocycles. The van der Waals surface area contributed by atoms with Gasteiger partial charge < -0.3 is 14.6 Å². The van der Waals surface area contributed by atoms with E-state index in [0.717, 1.165) is 17.6 Å². The molecule has 0 fully saturated rings. The SMILES string of the molecule is COC(=O)C(=O)N1C(C(=O)O)Cc2ccccc2C1OC. The normalized spacial score (nSPS) is 20.6. The summed E-state index contributed by atoms with van der Waals surface area (Å²) in [5.74, 6) is -3.36. The molecule has 112 valence electrons. The third kappa shape index (κ3) is 2.59. The van der Waals surface area contributed by atoms with E-state index in [0.29, 0.717) is 5.56 Å². The Hall–Kier alpha value is -2.41. The number of aliphatic carboxylic acids is 1. The predicted octanol–water partition coefficient (Wildman–Crippen LogP) is 0.342. The van der Waals surface area contributed by atoms with Gasteiger partial charge >= 0.3 is 17.8 Å². The zero-order valence-electron chi connectivity index (χ0n) is 11.6. The van der Waals surface area contributed by atoms with E-state index in [9.17, 15) is 19.5 Å². The Morgan fingerprint density at radius 2 is 1.90 bits per heavy atom. The summed E-state index contributed by atoms with van der Waals surface area (Å²) >= 11 is 0. The highest BCUT2D eigenvalue weighted by molar-refractivity contribution is 6.32. The van der Waals surface area contributed by atoms with E-state index < -0.39 is 30.1 Å². The van der Waals surface area contributed by atoms with Crippen molar-refractivity contribution < 1.29 is 29.0 Å². The number of fused-ring (bicyclic) bond motifs is 1. The van der Waals surface area contributed by atoms with Gasteiger partial charge in [0, 0.05) is 19.1 Å². The van der Waals surface area contributed by atoms with Crippen LogP contribution in [0.5, 0.6) is 0 Å². The van der Waals surface area contributed by atoms with Crippen LogP contribution < -0.4 is 0 Å². The molecule has 21 heavy (non-hydrogen) atoms. The third-order valence-electron chi connectivity index (χ3n) is 3.43. The van der Waals surface area contributed by atoms with E-state index in [1.54, 1.807) is 24.3 Å². The second-order valence-electron chi connectivity index (χ2n) is 4.55. The van der Waals surface area contributed by atoms with E-state index in [1.165, 1.54) is 7.11 Å². The van der Waals surface area contributed by atoms with Crippen molar-refractivity contribution in [2.45, 2.75) is 18.7 Å². The molecule has 0 radical (unpaired) electrons. The zero-order valence-corrected chi connectivity index (χ0v) is 11.6. The smallest absolute Gasteiger partial charge is 0.396 e. The summed E-state index contributed by atoms with van der Waals surface area (Å²) < 4.78 is 9.66. The summed E-state index contributed by atoms with van der Waals surface area (Å²) in [6, 6.07) is 5.86. The van der Waals surface area contributed by atoms with Crippen LogP contribution in [-0.4, -0.2) is 48.1 Å². The van der Waals surface area contributed by atoms with Crippen LogP contribution in [0, 0.1) is 0 Å². The molecule has 1 aromatic rings. The van der Waals surface area contributed by atoms with Crippen molar-refractivity contribution in [2.75, 3.05) is 14.2 Å². The quantitative estimate of drug-likeness (QED) is 0.624. The van der Waals surface area contributed by atoms with E-state index in [1.807, 2.05) is 0 Å². The van der Waals surface area contributed by atoms with Gasteiger partial charge in [-0.2, -0.15) is 0 Å². The molecule has 1 aromatic carbocycles. The van der Waals surface area contributed by atoms with Gasteiger partial charge in [0.25, 0.3) is 0 Å². The lowest BCUT2D eigenvalue weighted by Crippen LogP contribution is -2.53. The van der Waals surface area contributed by atoms with Crippen LogP contribution in [0.25, 0.3) is 0 Å². The van der Waals surface area contributed by atoms with E-state index in [2.05, 4.69) is 4.74 Å². The Bertz CT molecular complexity index is 585. The number of esters is 1. The third-order valence-corrected chi connectivity index (χ3v) is 3.43. The zero-order chi connectivity index (χ0) is 15.6. The molecular weight excluding hydrogens is 278 g/mol. The number of carbonyl (C=O) groups excluding carboxylic acids is 2. The number of nitrogens with zero attached hydrogens (tertiary/aromatic N) is 1. The molecule has 2 unspecified atom stereocenters. The second kappa shape index (κ2) is 5.92. The molecule has 1 heterocycles. The number of rotatable bonds is 2. The lowest BCUT2D eigenvalue weighted by Gasteiger charge is -2.39. The average Bonchev–Trinajstić information content (AvgIpc) is 2.51.